The summed E-state index contributed by atoms with van der Waals surface area (Å²) in [6.07, 6.45) is 1.57. The number of piperazine rings is 1. The molecule has 12 nitrogen and oxygen atoms in total. The normalized spacial score (nSPS) is 17.5. The zero-order valence-electron chi connectivity index (χ0n) is 21.1. The number of likely N-dealkylation sites (tertiary alicyclic amines) is 1. The lowest BCUT2D eigenvalue weighted by atomic mass is 9.94. The summed E-state index contributed by atoms with van der Waals surface area (Å²) < 4.78 is 1.40. The number of rotatable bonds is 6. The van der Waals surface area contributed by atoms with Gasteiger partial charge in [0.1, 0.15) is 11.4 Å². The average molecular weight is 535 g/mol. The smallest absolute Gasteiger partial charge is 0.354 e. The van der Waals surface area contributed by atoms with Crippen LogP contribution in [0.4, 0.5) is 10.6 Å². The Kier molecular flexibility index (Phi) is 8.60. The van der Waals surface area contributed by atoms with E-state index in [-0.39, 0.29) is 36.7 Å². The van der Waals surface area contributed by atoms with Gasteiger partial charge in [-0.3, -0.25) is 19.6 Å². The number of nitrogens with two attached hydrogens (primary N) is 2. The van der Waals surface area contributed by atoms with E-state index in [0.717, 1.165) is 5.56 Å². The molecule has 4 rings (SSSR count). The molecule has 0 radical (unpaired) electrons. The maximum atomic E-state index is 12.6. The average Bonchev–Trinajstić information content (AvgIpc) is 2.82. The predicted octanol–water partition coefficient (Wildman–Crippen LogP) is -0.427. The van der Waals surface area contributed by atoms with Gasteiger partial charge in [0, 0.05) is 58.6 Å². The third-order valence-corrected chi connectivity index (χ3v) is 6.48. The monoisotopic (exact) mass is 534 g/mol. The lowest BCUT2D eigenvalue weighted by molar-refractivity contribution is -0.137. The lowest BCUT2D eigenvalue weighted by Crippen LogP contribution is -2.64. The van der Waals surface area contributed by atoms with Crippen molar-refractivity contribution in [3.05, 3.63) is 52.6 Å². The number of aromatic nitrogens is 2. The van der Waals surface area contributed by atoms with Crippen LogP contribution in [0.15, 0.2) is 41.3 Å². The molecule has 0 aliphatic carbocycles. The molecular formula is C24H35ClN8O4. The summed E-state index contributed by atoms with van der Waals surface area (Å²) >= 11 is 0. The number of nitrogens with one attached hydrogen (secondary N) is 1. The van der Waals surface area contributed by atoms with Crippen LogP contribution >= 0.6 is 12.4 Å². The number of carbonyl (C=O) groups is 2. The van der Waals surface area contributed by atoms with Gasteiger partial charge in [-0.25, -0.2) is 9.59 Å². The number of hydrogen-bond donors (Lipinski definition) is 4. The van der Waals surface area contributed by atoms with Crippen molar-refractivity contribution in [3.63, 3.8) is 0 Å². The maximum absolute atomic E-state index is 12.6. The first-order chi connectivity index (χ1) is 17.0. The molecule has 0 spiro atoms. The van der Waals surface area contributed by atoms with E-state index in [1.807, 2.05) is 24.3 Å². The molecule has 13 heteroatoms. The minimum atomic E-state index is -0.954. The molecule has 2 saturated heterocycles. The van der Waals surface area contributed by atoms with Gasteiger partial charge < -0.3 is 26.4 Å². The van der Waals surface area contributed by atoms with E-state index in [4.69, 9.17) is 11.5 Å². The minimum absolute atomic E-state index is 0. The molecule has 3 heterocycles. The maximum Gasteiger partial charge on any atom is 0.354 e. The van der Waals surface area contributed by atoms with E-state index >= 15 is 0 Å². The third-order valence-electron chi connectivity index (χ3n) is 6.48. The fourth-order valence-corrected chi connectivity index (χ4v) is 4.43. The molecular weight excluding hydrogens is 500 g/mol. The number of β-amino-alcohol motifs (C(OH)–C–C–N with tert-alkyl or cyclic N) is 1. The molecule has 0 unspecified atom stereocenters. The zero-order valence-corrected chi connectivity index (χ0v) is 21.9. The van der Waals surface area contributed by atoms with Crippen LogP contribution in [0.3, 0.4) is 0 Å². The third kappa shape index (κ3) is 6.65. The Morgan fingerprint density at radius 2 is 1.68 bits per heavy atom. The molecule has 1 aromatic carbocycles. The lowest BCUT2D eigenvalue weighted by Gasteiger charge is -2.45. The van der Waals surface area contributed by atoms with Gasteiger partial charge in [0.15, 0.2) is 0 Å². The predicted molar refractivity (Wildman–Crippen MR) is 142 cm³/mol. The summed E-state index contributed by atoms with van der Waals surface area (Å²) in [5.41, 5.74) is 10.9. The topological polar surface area (TPSA) is 163 Å². The second-order valence-electron chi connectivity index (χ2n) is 10.1. The number of aliphatic hydroxyl groups is 1. The van der Waals surface area contributed by atoms with Crippen molar-refractivity contribution in [1.82, 2.24) is 24.3 Å². The first kappa shape index (κ1) is 28.5. The fraction of sp³-hybridized carbons (Fsp3) is 0.500. The van der Waals surface area contributed by atoms with Crippen molar-refractivity contribution in [2.24, 2.45) is 11.5 Å². The van der Waals surface area contributed by atoms with E-state index in [1.54, 1.807) is 35.9 Å². The summed E-state index contributed by atoms with van der Waals surface area (Å²) in [5, 5.41) is 12.7. The quantitative estimate of drug-likeness (QED) is 0.388. The molecule has 202 valence electrons. The van der Waals surface area contributed by atoms with Crippen molar-refractivity contribution in [1.29, 1.82) is 0 Å². The highest BCUT2D eigenvalue weighted by Gasteiger charge is 2.39. The SMILES string of the molecule is CC(C)(N)C(=O)N1CCN(C(=O)Nc2ccn(-c3ccc(CN4CC(O)(CN)C4)cc3)c(=O)n2)CC1.Cl. The summed E-state index contributed by atoms with van der Waals surface area (Å²) in [6.45, 7) is 6.85. The van der Waals surface area contributed by atoms with Gasteiger partial charge in [-0.15, -0.1) is 12.4 Å². The molecule has 2 aliphatic heterocycles. The first-order valence-corrected chi connectivity index (χ1v) is 12.0. The number of anilines is 1. The Bertz CT molecular complexity index is 1170. The summed E-state index contributed by atoms with van der Waals surface area (Å²) in [6, 6.07) is 8.69. The van der Waals surface area contributed by atoms with E-state index in [9.17, 15) is 19.5 Å². The standard InChI is InChI=1S/C24H34N8O4.ClH/c1-23(2,26)20(33)30-9-11-31(12-10-30)21(34)27-19-7-8-32(22(35)28-19)18-5-3-17(4-6-18)13-29-15-24(36,14-25)16-29;/h3-8,36H,9-16,25-26H2,1-2H3,(H,27,28,34,35);1H. The van der Waals surface area contributed by atoms with Gasteiger partial charge in [0.2, 0.25) is 5.91 Å². The van der Waals surface area contributed by atoms with E-state index in [1.165, 1.54) is 4.57 Å². The molecule has 1 aromatic heterocycles. The number of amides is 3. The van der Waals surface area contributed by atoms with Crippen LogP contribution in [0.1, 0.15) is 19.4 Å². The Hall–Kier alpha value is -3.03. The number of carbonyl (C=O) groups excluding carboxylic acids is 2. The molecule has 2 aromatic rings. The van der Waals surface area contributed by atoms with Crippen molar-refractivity contribution >= 4 is 30.2 Å². The highest BCUT2D eigenvalue weighted by atomic mass is 35.5. The van der Waals surface area contributed by atoms with Crippen LogP contribution in [0.2, 0.25) is 0 Å². The van der Waals surface area contributed by atoms with Gasteiger partial charge >= 0.3 is 11.7 Å². The molecule has 2 fully saturated rings. The van der Waals surface area contributed by atoms with Crippen molar-refractivity contribution in [3.8, 4) is 5.69 Å². The van der Waals surface area contributed by atoms with Gasteiger partial charge in [0.25, 0.3) is 0 Å². The Morgan fingerprint density at radius 3 is 2.22 bits per heavy atom. The highest BCUT2D eigenvalue weighted by Crippen LogP contribution is 2.22. The summed E-state index contributed by atoms with van der Waals surface area (Å²) in [7, 11) is 0. The second kappa shape index (κ2) is 11.2. The van der Waals surface area contributed by atoms with E-state index in [0.29, 0.717) is 51.5 Å². The van der Waals surface area contributed by atoms with Crippen LogP contribution in [0, 0.1) is 0 Å². The summed E-state index contributed by atoms with van der Waals surface area (Å²) in [4.78, 5) is 46.9. The van der Waals surface area contributed by atoms with Crippen molar-refractivity contribution in [2.75, 3.05) is 51.1 Å². The van der Waals surface area contributed by atoms with Crippen LogP contribution in [-0.2, 0) is 11.3 Å². The number of nitrogens with zero attached hydrogens (tertiary/aromatic N) is 5. The number of urea groups is 1. The molecule has 0 atom stereocenters. The number of hydrogen-bond acceptors (Lipinski definition) is 8. The van der Waals surface area contributed by atoms with E-state index < -0.39 is 16.8 Å². The number of halogens is 1. The van der Waals surface area contributed by atoms with Crippen molar-refractivity contribution in [2.45, 2.75) is 31.5 Å². The molecule has 0 bridgehead atoms. The molecule has 2 aliphatic rings. The van der Waals surface area contributed by atoms with Crippen molar-refractivity contribution < 1.29 is 14.7 Å². The summed E-state index contributed by atoms with van der Waals surface area (Å²) in [5.74, 6) is 0.00448. The van der Waals surface area contributed by atoms with Gasteiger partial charge in [-0.2, -0.15) is 4.98 Å². The number of benzene rings is 1. The Labute approximate surface area is 221 Å². The van der Waals surface area contributed by atoms with Gasteiger partial charge in [-0.1, -0.05) is 12.1 Å². The van der Waals surface area contributed by atoms with Crippen LogP contribution in [0.25, 0.3) is 5.69 Å². The highest BCUT2D eigenvalue weighted by molar-refractivity contribution is 5.89. The molecule has 6 N–H and O–H groups in total. The Balaban J connectivity index is 0.00000380. The first-order valence-electron chi connectivity index (χ1n) is 12.0. The fourth-order valence-electron chi connectivity index (χ4n) is 4.43. The Morgan fingerprint density at radius 1 is 1.08 bits per heavy atom. The molecule has 0 saturated carbocycles. The van der Waals surface area contributed by atoms with E-state index in [2.05, 4.69) is 15.2 Å². The van der Waals surface area contributed by atoms with Gasteiger partial charge in [-0.05, 0) is 37.6 Å². The zero-order chi connectivity index (χ0) is 26.1. The largest absolute Gasteiger partial charge is 0.386 e. The van der Waals surface area contributed by atoms with Crippen LogP contribution in [0.5, 0.6) is 0 Å². The van der Waals surface area contributed by atoms with Crippen LogP contribution < -0.4 is 22.5 Å². The van der Waals surface area contributed by atoms with Gasteiger partial charge in [0.05, 0.1) is 11.2 Å². The molecule has 37 heavy (non-hydrogen) atoms. The molecule has 3 amide bonds. The second-order valence-corrected chi connectivity index (χ2v) is 10.1. The minimum Gasteiger partial charge on any atom is -0.386 e. The van der Waals surface area contributed by atoms with Crippen LogP contribution in [-0.4, -0.2) is 98.2 Å².